The summed E-state index contributed by atoms with van der Waals surface area (Å²) < 4.78 is 31.3. The second-order valence-electron chi connectivity index (χ2n) is 6.39. The van der Waals surface area contributed by atoms with Crippen LogP contribution in [0.3, 0.4) is 0 Å². The lowest BCUT2D eigenvalue weighted by molar-refractivity contribution is -0.122. The fourth-order valence-corrected chi connectivity index (χ4v) is 3.74. The van der Waals surface area contributed by atoms with Crippen LogP contribution in [0, 0.1) is 18.3 Å². The molecule has 0 spiro atoms. The van der Waals surface area contributed by atoms with Gasteiger partial charge in [-0.05, 0) is 42.3 Å². The van der Waals surface area contributed by atoms with Crippen LogP contribution in [0.25, 0.3) is 0 Å². The van der Waals surface area contributed by atoms with Crippen LogP contribution in [0.1, 0.15) is 11.1 Å². The van der Waals surface area contributed by atoms with Gasteiger partial charge in [0.05, 0.1) is 31.0 Å². The summed E-state index contributed by atoms with van der Waals surface area (Å²) in [7, 11) is -3.56. The Bertz CT molecular complexity index is 1010. The minimum Gasteiger partial charge on any atom is -0.476 e. The van der Waals surface area contributed by atoms with Crippen molar-refractivity contribution in [1.29, 1.82) is 5.26 Å². The van der Waals surface area contributed by atoms with E-state index in [0.717, 1.165) is 17.4 Å². The average Bonchev–Trinajstić information content (AvgIpc) is 2.61. The van der Waals surface area contributed by atoms with Crippen molar-refractivity contribution >= 4 is 27.3 Å². The van der Waals surface area contributed by atoms with Crippen molar-refractivity contribution in [3.8, 4) is 11.8 Å². The highest BCUT2D eigenvalue weighted by molar-refractivity contribution is 7.92. The molecule has 0 aromatic heterocycles. The Hall–Kier alpha value is -3.05. The van der Waals surface area contributed by atoms with Crippen molar-refractivity contribution in [2.45, 2.75) is 19.4 Å². The van der Waals surface area contributed by atoms with Crippen LogP contribution in [-0.2, 0) is 21.2 Å². The van der Waals surface area contributed by atoms with Gasteiger partial charge in [-0.3, -0.25) is 9.10 Å². The van der Waals surface area contributed by atoms with Crippen LogP contribution >= 0.6 is 0 Å². The zero-order valence-electron chi connectivity index (χ0n) is 15.0. The molecule has 1 aliphatic heterocycles. The molecule has 3 rings (SSSR count). The van der Waals surface area contributed by atoms with E-state index in [1.54, 1.807) is 42.5 Å². The lowest BCUT2D eigenvalue weighted by Crippen LogP contribution is -2.48. The van der Waals surface area contributed by atoms with Gasteiger partial charge in [-0.25, -0.2) is 8.42 Å². The summed E-state index contributed by atoms with van der Waals surface area (Å²) in [5.74, 6) is -0.0929. The average molecular weight is 385 g/mol. The number of nitrogens with one attached hydrogen (secondary N) is 1. The number of hydrogen-bond donors (Lipinski definition) is 1. The highest BCUT2D eigenvalue weighted by Crippen LogP contribution is 2.36. The van der Waals surface area contributed by atoms with E-state index in [-0.39, 0.29) is 6.54 Å². The topological polar surface area (TPSA) is 99.5 Å². The largest absolute Gasteiger partial charge is 0.476 e. The highest BCUT2D eigenvalue weighted by atomic mass is 32.2. The first-order valence-electron chi connectivity index (χ1n) is 8.29. The van der Waals surface area contributed by atoms with Crippen molar-refractivity contribution in [2.75, 3.05) is 22.4 Å². The van der Waals surface area contributed by atoms with Gasteiger partial charge in [0.25, 0.3) is 5.91 Å². The van der Waals surface area contributed by atoms with Crippen molar-refractivity contribution in [1.82, 2.24) is 0 Å². The predicted molar refractivity (Wildman–Crippen MR) is 102 cm³/mol. The summed E-state index contributed by atoms with van der Waals surface area (Å²) in [6, 6.07) is 14.1. The lowest BCUT2D eigenvalue weighted by atomic mass is 10.1. The van der Waals surface area contributed by atoms with Gasteiger partial charge in [-0.2, -0.15) is 5.26 Å². The van der Waals surface area contributed by atoms with E-state index in [0.29, 0.717) is 23.5 Å². The van der Waals surface area contributed by atoms with E-state index < -0.39 is 22.0 Å². The second kappa shape index (κ2) is 7.29. The summed E-state index contributed by atoms with van der Waals surface area (Å²) >= 11 is 0. The van der Waals surface area contributed by atoms with E-state index in [4.69, 9.17) is 10.00 Å². The molecule has 1 unspecified atom stereocenters. The van der Waals surface area contributed by atoms with Crippen molar-refractivity contribution in [3.05, 3.63) is 53.6 Å². The number of nitriles is 1. The molecule has 1 atom stereocenters. The molecule has 1 amide bonds. The number of anilines is 2. The molecule has 8 heteroatoms. The molecule has 27 heavy (non-hydrogen) atoms. The van der Waals surface area contributed by atoms with Crippen molar-refractivity contribution in [2.24, 2.45) is 0 Å². The number of rotatable bonds is 4. The molecule has 2 aromatic rings. The van der Waals surface area contributed by atoms with Crippen LogP contribution in [0.2, 0.25) is 0 Å². The number of fused-ring (bicyclic) bond motifs is 1. The third-order valence-corrected chi connectivity index (χ3v) is 5.33. The van der Waals surface area contributed by atoms with Crippen LogP contribution in [0.5, 0.6) is 5.75 Å². The fourth-order valence-electron chi connectivity index (χ4n) is 2.83. The lowest BCUT2D eigenvalue weighted by Gasteiger charge is -2.34. The van der Waals surface area contributed by atoms with Gasteiger partial charge in [0.2, 0.25) is 10.0 Å². The molecule has 7 nitrogen and oxygen atoms in total. The van der Waals surface area contributed by atoms with Crippen LogP contribution in [-0.4, -0.2) is 33.2 Å². The third-order valence-electron chi connectivity index (χ3n) is 4.18. The molecule has 0 aliphatic carbocycles. The van der Waals surface area contributed by atoms with Crippen LogP contribution < -0.4 is 14.4 Å². The van der Waals surface area contributed by atoms with Gasteiger partial charge < -0.3 is 10.1 Å². The number of benzene rings is 2. The number of carbonyl (C=O) groups excluding carboxylic acids is 1. The fraction of sp³-hybridized carbons (Fsp3) is 0.263. The Balaban J connectivity index is 1.81. The summed E-state index contributed by atoms with van der Waals surface area (Å²) in [4.78, 5) is 12.6. The molecule has 0 saturated carbocycles. The van der Waals surface area contributed by atoms with E-state index in [9.17, 15) is 13.2 Å². The second-order valence-corrected chi connectivity index (χ2v) is 8.30. The zero-order valence-corrected chi connectivity index (χ0v) is 15.8. The molecule has 1 heterocycles. The number of amides is 1. The number of carbonyl (C=O) groups is 1. The number of hydrogen-bond acceptors (Lipinski definition) is 5. The Kier molecular flexibility index (Phi) is 5.06. The van der Waals surface area contributed by atoms with Gasteiger partial charge in [0, 0.05) is 5.69 Å². The van der Waals surface area contributed by atoms with Crippen LogP contribution in [0.15, 0.2) is 42.5 Å². The minimum atomic E-state index is -3.56. The highest BCUT2D eigenvalue weighted by Gasteiger charge is 2.35. The summed E-state index contributed by atoms with van der Waals surface area (Å²) in [5.41, 5.74) is 2.72. The van der Waals surface area contributed by atoms with Gasteiger partial charge in [0.1, 0.15) is 5.75 Å². The maximum absolute atomic E-state index is 12.6. The number of ether oxygens (including phenoxy) is 1. The molecule has 140 valence electrons. The molecular weight excluding hydrogens is 366 g/mol. The summed E-state index contributed by atoms with van der Waals surface area (Å²) in [5, 5.41) is 11.4. The van der Waals surface area contributed by atoms with Gasteiger partial charge >= 0.3 is 0 Å². The molecule has 1 N–H and O–H groups in total. The first kappa shape index (κ1) is 18.7. The third kappa shape index (κ3) is 4.20. The molecule has 0 fully saturated rings. The Morgan fingerprint density at radius 3 is 2.63 bits per heavy atom. The Labute approximate surface area is 158 Å². The van der Waals surface area contributed by atoms with E-state index in [1.807, 2.05) is 6.92 Å². The van der Waals surface area contributed by atoms with E-state index >= 15 is 0 Å². The van der Waals surface area contributed by atoms with Gasteiger partial charge in [-0.1, -0.05) is 18.2 Å². The first-order valence-corrected chi connectivity index (χ1v) is 10.1. The standard InChI is InChI=1S/C19H19N3O4S/c1-13-3-8-17-16(11-13)22(27(2,24)25)12-18(26-17)19(23)21-15-6-4-14(5-7-15)9-10-20/h3-8,11,18H,9,12H2,1-2H3,(H,21,23). The molecule has 0 radical (unpaired) electrons. The molecule has 1 aliphatic rings. The Morgan fingerprint density at radius 1 is 1.30 bits per heavy atom. The Morgan fingerprint density at radius 2 is 2.00 bits per heavy atom. The maximum atomic E-state index is 12.6. The van der Waals surface area contributed by atoms with Crippen molar-refractivity contribution in [3.63, 3.8) is 0 Å². The zero-order chi connectivity index (χ0) is 19.6. The minimum absolute atomic E-state index is 0.104. The monoisotopic (exact) mass is 385 g/mol. The van der Waals surface area contributed by atoms with E-state index in [2.05, 4.69) is 11.4 Å². The smallest absolute Gasteiger partial charge is 0.267 e. The maximum Gasteiger partial charge on any atom is 0.267 e. The summed E-state index contributed by atoms with van der Waals surface area (Å²) in [6.45, 7) is 1.75. The quantitative estimate of drug-likeness (QED) is 0.870. The summed E-state index contributed by atoms with van der Waals surface area (Å²) in [6.07, 6.45) is 0.418. The van der Waals surface area contributed by atoms with Crippen LogP contribution in [0.4, 0.5) is 11.4 Å². The van der Waals surface area contributed by atoms with Gasteiger partial charge in [0.15, 0.2) is 6.10 Å². The first-order chi connectivity index (χ1) is 12.8. The molecule has 2 aromatic carbocycles. The number of sulfonamides is 1. The molecular formula is C19H19N3O4S. The van der Waals surface area contributed by atoms with Gasteiger partial charge in [-0.15, -0.1) is 0 Å². The number of aryl methyl sites for hydroxylation is 1. The SMILES string of the molecule is Cc1ccc2c(c1)N(S(C)(=O)=O)CC(C(=O)Nc1ccc(CC#N)cc1)O2. The molecule has 0 bridgehead atoms. The predicted octanol–water partition coefficient (Wildman–Crippen LogP) is 2.23. The number of nitrogens with zero attached hydrogens (tertiary/aromatic N) is 2. The molecule has 0 saturated heterocycles. The van der Waals surface area contributed by atoms with E-state index in [1.165, 1.54) is 4.31 Å². The van der Waals surface area contributed by atoms with Crippen molar-refractivity contribution < 1.29 is 17.9 Å². The normalized spacial score (nSPS) is 16.0.